The monoisotopic (exact) mass is 258 g/mol. The molecule has 1 aromatic rings. The summed E-state index contributed by atoms with van der Waals surface area (Å²) in [6.07, 6.45) is 0. The number of carbonyl (C=O) groups excluding carboxylic acids is 1. The van der Waals surface area contributed by atoms with Crippen molar-refractivity contribution in [3.63, 3.8) is 0 Å². The van der Waals surface area contributed by atoms with Crippen LogP contribution in [0.4, 0.5) is 5.69 Å². The van der Waals surface area contributed by atoms with Crippen molar-refractivity contribution in [2.24, 2.45) is 0 Å². The molecule has 0 fully saturated rings. The van der Waals surface area contributed by atoms with Crippen molar-refractivity contribution in [1.29, 1.82) is 0 Å². The van der Waals surface area contributed by atoms with Gasteiger partial charge in [0.25, 0.3) is 5.91 Å². The number of rotatable bonds is 5. The highest BCUT2D eigenvalue weighted by atomic mass is 35.5. The Morgan fingerprint density at radius 2 is 2.35 bits per heavy atom. The summed E-state index contributed by atoms with van der Waals surface area (Å²) in [6, 6.07) is 4.35. The molecule has 1 unspecified atom stereocenters. The van der Waals surface area contributed by atoms with Gasteiger partial charge in [0.15, 0.2) is 0 Å². The lowest BCUT2D eigenvalue weighted by molar-refractivity contribution is 0.0840. The Labute approximate surface area is 105 Å². The largest absolute Gasteiger partial charge is 0.398 e. The van der Waals surface area contributed by atoms with Gasteiger partial charge in [-0.2, -0.15) is 0 Å². The van der Waals surface area contributed by atoms with Crippen LogP contribution in [-0.4, -0.2) is 37.4 Å². The van der Waals surface area contributed by atoms with E-state index in [1.54, 1.807) is 18.2 Å². The minimum absolute atomic E-state index is 0.208. The van der Waals surface area contributed by atoms with Gasteiger partial charge in [0, 0.05) is 7.11 Å². The molecule has 0 aliphatic heterocycles. The molecule has 6 heteroatoms. The molecule has 0 radical (unpaired) electrons. The van der Waals surface area contributed by atoms with Gasteiger partial charge in [-0.15, -0.1) is 0 Å². The van der Waals surface area contributed by atoms with Crippen LogP contribution in [0.15, 0.2) is 18.2 Å². The summed E-state index contributed by atoms with van der Waals surface area (Å²) in [6.45, 7) is 0.0156. The normalized spacial score (nSPS) is 12.2. The standard InChI is InChI=1S/C11H15ClN2O3/c1-17-6-7(5-15)14-11(16)8-3-2-4-9(13)10(8)12/h2-4,7,15H,5-6,13H2,1H3,(H,14,16). The van der Waals surface area contributed by atoms with E-state index in [0.29, 0.717) is 5.69 Å². The Hall–Kier alpha value is -1.30. The molecule has 17 heavy (non-hydrogen) atoms. The second-order valence-electron chi connectivity index (χ2n) is 3.52. The first-order chi connectivity index (χ1) is 8.10. The van der Waals surface area contributed by atoms with Crippen LogP contribution < -0.4 is 11.1 Å². The van der Waals surface area contributed by atoms with E-state index in [4.69, 9.17) is 27.2 Å². The highest BCUT2D eigenvalue weighted by molar-refractivity contribution is 6.36. The number of nitrogen functional groups attached to an aromatic ring is 1. The number of methoxy groups -OCH3 is 1. The molecule has 94 valence electrons. The van der Waals surface area contributed by atoms with Crippen LogP contribution in [0.1, 0.15) is 10.4 Å². The lowest BCUT2D eigenvalue weighted by Crippen LogP contribution is -2.40. The predicted molar refractivity (Wildman–Crippen MR) is 66.1 cm³/mol. The second-order valence-corrected chi connectivity index (χ2v) is 3.90. The summed E-state index contributed by atoms with van der Waals surface area (Å²) in [4.78, 5) is 11.8. The van der Waals surface area contributed by atoms with Gasteiger partial charge in [0.2, 0.25) is 0 Å². The molecular weight excluding hydrogens is 244 g/mol. The van der Waals surface area contributed by atoms with Gasteiger partial charge in [0.1, 0.15) is 0 Å². The fourth-order valence-corrected chi connectivity index (χ4v) is 1.54. The number of nitrogens with one attached hydrogen (secondary N) is 1. The molecule has 0 saturated heterocycles. The third-order valence-electron chi connectivity index (χ3n) is 2.20. The zero-order valence-electron chi connectivity index (χ0n) is 9.44. The van der Waals surface area contributed by atoms with Crippen molar-refractivity contribution in [2.45, 2.75) is 6.04 Å². The first kappa shape index (κ1) is 13.8. The number of aliphatic hydroxyl groups is 1. The second kappa shape index (κ2) is 6.44. The predicted octanol–water partition coefficient (Wildman–Crippen LogP) is 0.659. The maximum absolute atomic E-state index is 11.8. The lowest BCUT2D eigenvalue weighted by Gasteiger charge is -2.16. The molecule has 1 amide bonds. The molecule has 0 aliphatic rings. The SMILES string of the molecule is COCC(CO)NC(=O)c1cccc(N)c1Cl. The summed E-state index contributed by atoms with van der Waals surface area (Å²) in [5.41, 5.74) is 6.21. The van der Waals surface area contributed by atoms with E-state index in [-0.39, 0.29) is 23.8 Å². The fraction of sp³-hybridized carbons (Fsp3) is 0.364. The summed E-state index contributed by atoms with van der Waals surface area (Å²) >= 11 is 5.91. The van der Waals surface area contributed by atoms with Crippen LogP contribution in [0.25, 0.3) is 0 Å². The highest BCUT2D eigenvalue weighted by Crippen LogP contribution is 2.22. The van der Waals surface area contributed by atoms with Crippen molar-refractivity contribution >= 4 is 23.2 Å². The third kappa shape index (κ3) is 3.59. The lowest BCUT2D eigenvalue weighted by atomic mass is 10.1. The smallest absolute Gasteiger partial charge is 0.253 e. The average molecular weight is 259 g/mol. The number of carbonyl (C=O) groups is 1. The van der Waals surface area contributed by atoms with Crippen LogP contribution in [0.3, 0.4) is 0 Å². The van der Waals surface area contributed by atoms with Crippen molar-refractivity contribution in [1.82, 2.24) is 5.32 Å². The summed E-state index contributed by atoms with van der Waals surface area (Å²) in [5.74, 6) is -0.390. The van der Waals surface area contributed by atoms with Gasteiger partial charge >= 0.3 is 0 Å². The average Bonchev–Trinajstić information content (AvgIpc) is 2.31. The molecule has 1 rings (SSSR count). The minimum Gasteiger partial charge on any atom is -0.398 e. The number of hydrogen-bond acceptors (Lipinski definition) is 4. The Morgan fingerprint density at radius 1 is 1.65 bits per heavy atom. The van der Waals surface area contributed by atoms with E-state index < -0.39 is 11.9 Å². The molecule has 0 heterocycles. The number of nitrogens with two attached hydrogens (primary N) is 1. The molecule has 0 aromatic heterocycles. The molecule has 0 spiro atoms. The summed E-state index contributed by atoms with van der Waals surface area (Å²) in [5, 5.41) is 11.8. The van der Waals surface area contributed by atoms with Crippen molar-refractivity contribution in [2.75, 3.05) is 26.1 Å². The third-order valence-corrected chi connectivity index (χ3v) is 2.62. The van der Waals surface area contributed by atoms with Gasteiger partial charge in [-0.1, -0.05) is 17.7 Å². The van der Waals surface area contributed by atoms with Crippen LogP contribution >= 0.6 is 11.6 Å². The van der Waals surface area contributed by atoms with E-state index in [1.807, 2.05) is 0 Å². The van der Waals surface area contributed by atoms with Gasteiger partial charge in [0.05, 0.1) is 35.5 Å². The number of hydrogen-bond donors (Lipinski definition) is 3. The van der Waals surface area contributed by atoms with E-state index in [0.717, 1.165) is 0 Å². The maximum Gasteiger partial charge on any atom is 0.253 e. The number of halogens is 1. The maximum atomic E-state index is 11.8. The Kier molecular flexibility index (Phi) is 5.21. The van der Waals surface area contributed by atoms with E-state index in [9.17, 15) is 4.79 Å². The van der Waals surface area contributed by atoms with Gasteiger partial charge in [-0.25, -0.2) is 0 Å². The molecular formula is C11H15ClN2O3. The molecule has 0 saturated carbocycles. The van der Waals surface area contributed by atoms with Crippen LogP contribution in [0.2, 0.25) is 5.02 Å². The van der Waals surface area contributed by atoms with Crippen LogP contribution in [-0.2, 0) is 4.74 Å². The van der Waals surface area contributed by atoms with Crippen molar-refractivity contribution in [3.05, 3.63) is 28.8 Å². The first-order valence-corrected chi connectivity index (χ1v) is 5.42. The van der Waals surface area contributed by atoms with Crippen LogP contribution in [0.5, 0.6) is 0 Å². The molecule has 0 aliphatic carbocycles. The zero-order chi connectivity index (χ0) is 12.8. The molecule has 0 bridgehead atoms. The molecule has 4 N–H and O–H groups in total. The van der Waals surface area contributed by atoms with Crippen LogP contribution in [0, 0.1) is 0 Å². The Morgan fingerprint density at radius 3 is 2.94 bits per heavy atom. The first-order valence-electron chi connectivity index (χ1n) is 5.04. The fourth-order valence-electron chi connectivity index (χ4n) is 1.33. The molecule has 5 nitrogen and oxygen atoms in total. The van der Waals surface area contributed by atoms with Gasteiger partial charge < -0.3 is 20.9 Å². The number of ether oxygens (including phenoxy) is 1. The number of benzene rings is 1. The quantitative estimate of drug-likeness (QED) is 0.678. The summed E-state index contributed by atoms with van der Waals surface area (Å²) in [7, 11) is 1.49. The van der Waals surface area contributed by atoms with Gasteiger partial charge in [-0.05, 0) is 12.1 Å². The van der Waals surface area contributed by atoms with Crippen molar-refractivity contribution in [3.8, 4) is 0 Å². The number of aliphatic hydroxyl groups excluding tert-OH is 1. The zero-order valence-corrected chi connectivity index (χ0v) is 10.2. The Balaban J connectivity index is 2.79. The topological polar surface area (TPSA) is 84.6 Å². The van der Waals surface area contributed by atoms with E-state index >= 15 is 0 Å². The Bertz CT molecular complexity index is 398. The molecule has 1 atom stereocenters. The van der Waals surface area contributed by atoms with Crippen molar-refractivity contribution < 1.29 is 14.6 Å². The van der Waals surface area contributed by atoms with Gasteiger partial charge in [-0.3, -0.25) is 4.79 Å². The number of amides is 1. The minimum atomic E-state index is -0.468. The highest BCUT2D eigenvalue weighted by Gasteiger charge is 2.16. The molecule has 1 aromatic carbocycles. The summed E-state index contributed by atoms with van der Waals surface area (Å²) < 4.78 is 4.85. The van der Waals surface area contributed by atoms with E-state index in [2.05, 4.69) is 5.32 Å². The van der Waals surface area contributed by atoms with E-state index in [1.165, 1.54) is 7.11 Å². The number of anilines is 1.